The summed E-state index contributed by atoms with van der Waals surface area (Å²) in [5.74, 6) is 1.79. The Morgan fingerprint density at radius 1 is 1.44 bits per heavy atom. The highest BCUT2D eigenvalue weighted by Crippen LogP contribution is 2.24. The van der Waals surface area contributed by atoms with Crippen molar-refractivity contribution in [1.29, 1.82) is 0 Å². The lowest BCUT2D eigenvalue weighted by Crippen LogP contribution is -2.46. The fourth-order valence-electron chi connectivity index (χ4n) is 3.26. The number of aryl methyl sites for hydroxylation is 1. The number of piperazine rings is 1. The first kappa shape index (κ1) is 17.3. The first-order chi connectivity index (χ1) is 13.1. The van der Waals surface area contributed by atoms with E-state index in [0.717, 1.165) is 25.5 Å². The summed E-state index contributed by atoms with van der Waals surface area (Å²) < 4.78 is 7.40. The standard InChI is InChI=1S/C17H19N7O3/c1-22-7-6-19-17(22)14-10-18-5-8-23(14)11-15-20-16(21-27-15)12-3-2-4-13(9-12)24(25)26/h2-4,6-7,9,14,18H,5,8,10-11H2,1H3. The summed E-state index contributed by atoms with van der Waals surface area (Å²) >= 11 is 0. The highest BCUT2D eigenvalue weighted by Gasteiger charge is 2.28. The second kappa shape index (κ2) is 7.25. The minimum atomic E-state index is -0.442. The van der Waals surface area contributed by atoms with Crippen LogP contribution in [0.1, 0.15) is 17.8 Å². The van der Waals surface area contributed by atoms with E-state index in [1.807, 2.05) is 17.8 Å². The van der Waals surface area contributed by atoms with Crippen LogP contribution < -0.4 is 5.32 Å². The molecule has 1 aliphatic rings. The van der Waals surface area contributed by atoms with Crippen LogP contribution in [0.3, 0.4) is 0 Å². The van der Waals surface area contributed by atoms with Crippen molar-refractivity contribution in [3.8, 4) is 11.4 Å². The molecule has 1 aliphatic heterocycles. The Balaban J connectivity index is 1.54. The molecule has 3 heterocycles. The van der Waals surface area contributed by atoms with Gasteiger partial charge in [0.15, 0.2) is 0 Å². The number of nitrogens with one attached hydrogen (secondary N) is 1. The van der Waals surface area contributed by atoms with Gasteiger partial charge in [-0.1, -0.05) is 17.3 Å². The number of nitro groups is 1. The van der Waals surface area contributed by atoms with E-state index < -0.39 is 4.92 Å². The summed E-state index contributed by atoms with van der Waals surface area (Å²) in [5.41, 5.74) is 0.552. The number of aromatic nitrogens is 4. The maximum Gasteiger partial charge on any atom is 0.270 e. The molecule has 0 radical (unpaired) electrons. The van der Waals surface area contributed by atoms with Gasteiger partial charge in [-0.25, -0.2) is 4.98 Å². The van der Waals surface area contributed by atoms with Crippen molar-refractivity contribution >= 4 is 5.69 Å². The molecular formula is C17H19N7O3. The lowest BCUT2D eigenvalue weighted by molar-refractivity contribution is -0.384. The second-order valence-electron chi connectivity index (χ2n) is 6.41. The minimum absolute atomic E-state index is 0.00389. The third-order valence-corrected chi connectivity index (χ3v) is 4.63. The Morgan fingerprint density at radius 2 is 2.33 bits per heavy atom. The molecule has 1 saturated heterocycles. The third-order valence-electron chi connectivity index (χ3n) is 4.63. The molecule has 1 N–H and O–H groups in total. The first-order valence-electron chi connectivity index (χ1n) is 8.61. The monoisotopic (exact) mass is 369 g/mol. The van der Waals surface area contributed by atoms with Crippen LogP contribution in [0.15, 0.2) is 41.2 Å². The van der Waals surface area contributed by atoms with Crippen molar-refractivity contribution < 1.29 is 9.45 Å². The van der Waals surface area contributed by atoms with Gasteiger partial charge in [0.2, 0.25) is 11.7 Å². The predicted molar refractivity (Wildman–Crippen MR) is 95.6 cm³/mol. The van der Waals surface area contributed by atoms with E-state index in [2.05, 4.69) is 25.3 Å². The molecule has 0 spiro atoms. The Labute approximate surface area is 155 Å². The van der Waals surface area contributed by atoms with Crippen LogP contribution in [0.25, 0.3) is 11.4 Å². The number of non-ortho nitro benzene ring substituents is 1. The normalized spacial score (nSPS) is 17.9. The Kier molecular flexibility index (Phi) is 4.65. The summed E-state index contributed by atoms with van der Waals surface area (Å²) in [4.78, 5) is 21.6. The maximum atomic E-state index is 10.9. The van der Waals surface area contributed by atoms with Crippen molar-refractivity contribution in [1.82, 2.24) is 29.9 Å². The van der Waals surface area contributed by atoms with E-state index in [-0.39, 0.29) is 11.7 Å². The quantitative estimate of drug-likeness (QED) is 0.532. The summed E-state index contributed by atoms with van der Waals surface area (Å²) in [6.45, 7) is 2.97. The zero-order chi connectivity index (χ0) is 18.8. The van der Waals surface area contributed by atoms with Gasteiger partial charge in [-0.2, -0.15) is 4.98 Å². The van der Waals surface area contributed by atoms with Gasteiger partial charge in [-0.05, 0) is 0 Å². The fourth-order valence-corrected chi connectivity index (χ4v) is 3.26. The van der Waals surface area contributed by atoms with Crippen LogP contribution >= 0.6 is 0 Å². The number of hydrogen-bond donors (Lipinski definition) is 1. The number of benzene rings is 1. The molecule has 4 rings (SSSR count). The molecular weight excluding hydrogens is 350 g/mol. The van der Waals surface area contributed by atoms with E-state index in [4.69, 9.17) is 4.52 Å². The molecule has 2 aromatic heterocycles. The lowest BCUT2D eigenvalue weighted by atomic mass is 10.1. The largest absolute Gasteiger partial charge is 0.338 e. The summed E-state index contributed by atoms with van der Waals surface area (Å²) in [6, 6.07) is 6.31. The molecule has 10 nitrogen and oxygen atoms in total. The summed E-state index contributed by atoms with van der Waals surface area (Å²) in [6.07, 6.45) is 3.71. The van der Waals surface area contributed by atoms with Gasteiger partial charge in [-0.15, -0.1) is 0 Å². The predicted octanol–water partition coefficient (Wildman–Crippen LogP) is 1.52. The lowest BCUT2D eigenvalue weighted by Gasteiger charge is -2.34. The van der Waals surface area contributed by atoms with Crippen molar-refractivity contribution in [2.24, 2.45) is 7.05 Å². The van der Waals surface area contributed by atoms with Crippen LogP contribution in [0, 0.1) is 10.1 Å². The summed E-state index contributed by atoms with van der Waals surface area (Å²) in [5, 5.41) is 18.3. The molecule has 0 amide bonds. The smallest absolute Gasteiger partial charge is 0.270 e. The molecule has 1 aromatic carbocycles. The second-order valence-corrected chi connectivity index (χ2v) is 6.41. The third kappa shape index (κ3) is 3.57. The van der Waals surface area contributed by atoms with E-state index in [1.165, 1.54) is 12.1 Å². The van der Waals surface area contributed by atoms with E-state index >= 15 is 0 Å². The first-order valence-corrected chi connectivity index (χ1v) is 8.61. The van der Waals surface area contributed by atoms with E-state index in [9.17, 15) is 10.1 Å². The molecule has 0 aliphatic carbocycles. The van der Waals surface area contributed by atoms with Gasteiger partial charge in [-0.3, -0.25) is 15.0 Å². The number of hydrogen-bond acceptors (Lipinski definition) is 8. The SMILES string of the molecule is Cn1ccnc1C1CNCCN1Cc1nc(-c2cccc([N+](=O)[O-])c2)no1. The zero-order valence-corrected chi connectivity index (χ0v) is 14.8. The van der Waals surface area contributed by atoms with Crippen LogP contribution in [-0.4, -0.2) is 49.1 Å². The number of rotatable bonds is 5. The molecule has 0 saturated carbocycles. The van der Waals surface area contributed by atoms with Gasteiger partial charge in [0.1, 0.15) is 5.82 Å². The molecule has 1 atom stereocenters. The van der Waals surface area contributed by atoms with Crippen LogP contribution in [0.2, 0.25) is 0 Å². The zero-order valence-electron chi connectivity index (χ0n) is 14.8. The van der Waals surface area contributed by atoms with E-state index in [1.54, 1.807) is 18.3 Å². The molecule has 1 unspecified atom stereocenters. The molecule has 0 bridgehead atoms. The minimum Gasteiger partial charge on any atom is -0.338 e. The average molecular weight is 369 g/mol. The van der Waals surface area contributed by atoms with Crippen molar-refractivity contribution in [2.75, 3.05) is 19.6 Å². The van der Waals surface area contributed by atoms with Crippen molar-refractivity contribution in [2.45, 2.75) is 12.6 Å². The molecule has 1 fully saturated rings. The van der Waals surface area contributed by atoms with Crippen molar-refractivity contribution in [3.63, 3.8) is 0 Å². The van der Waals surface area contributed by atoms with Gasteiger partial charge >= 0.3 is 0 Å². The molecule has 10 heteroatoms. The van der Waals surface area contributed by atoms with Gasteiger partial charge in [0, 0.05) is 56.8 Å². The number of nitrogens with zero attached hydrogens (tertiary/aromatic N) is 6. The number of imidazole rings is 1. The number of nitro benzene ring substituents is 1. The highest BCUT2D eigenvalue weighted by atomic mass is 16.6. The van der Waals surface area contributed by atoms with Crippen LogP contribution in [0.4, 0.5) is 5.69 Å². The Hall–Kier alpha value is -3.11. The maximum absolute atomic E-state index is 10.9. The van der Waals surface area contributed by atoms with Crippen molar-refractivity contribution in [3.05, 3.63) is 58.5 Å². The fraction of sp³-hybridized carbons (Fsp3) is 0.353. The molecule has 140 valence electrons. The van der Waals surface area contributed by atoms with E-state index in [0.29, 0.717) is 23.8 Å². The topological polar surface area (TPSA) is 115 Å². The highest BCUT2D eigenvalue weighted by molar-refractivity contribution is 5.58. The molecule has 27 heavy (non-hydrogen) atoms. The van der Waals surface area contributed by atoms with Gasteiger partial charge in [0.05, 0.1) is 17.5 Å². The van der Waals surface area contributed by atoms with Crippen LogP contribution in [-0.2, 0) is 13.6 Å². The molecule has 3 aromatic rings. The van der Waals surface area contributed by atoms with Gasteiger partial charge in [0.25, 0.3) is 5.69 Å². The summed E-state index contributed by atoms with van der Waals surface area (Å²) in [7, 11) is 1.97. The van der Waals surface area contributed by atoms with Gasteiger partial charge < -0.3 is 14.4 Å². The Morgan fingerprint density at radius 3 is 3.11 bits per heavy atom. The van der Waals surface area contributed by atoms with Crippen LogP contribution in [0.5, 0.6) is 0 Å². The Bertz CT molecular complexity index is 951. The average Bonchev–Trinajstić information content (AvgIpc) is 3.31.